The molecule has 10 aromatic rings. The number of hydrogen-bond donors (Lipinski definition) is 0. The van der Waals surface area contributed by atoms with E-state index in [1.807, 2.05) is 23.5 Å². The Morgan fingerprint density at radius 2 is 0.929 bits per heavy atom. The molecule has 2 aromatic heterocycles. The largest absolute Gasteiger partial charge is 0.456 e. The number of anilines is 3. The van der Waals surface area contributed by atoms with Gasteiger partial charge in [-0.2, -0.15) is 0 Å². The number of benzene rings is 8. The van der Waals surface area contributed by atoms with Gasteiger partial charge in [0.05, 0.1) is 0 Å². The third-order valence-corrected chi connectivity index (χ3v) is 12.9. The van der Waals surface area contributed by atoms with Crippen molar-refractivity contribution in [2.45, 2.75) is 19.3 Å². The quantitative estimate of drug-likeness (QED) is 0.169. The second-order valence-electron chi connectivity index (χ2n) is 15.3. The molecule has 3 heteroatoms. The smallest absolute Gasteiger partial charge is 0.135 e. The summed E-state index contributed by atoms with van der Waals surface area (Å²) in [6.45, 7) is 4.77. The van der Waals surface area contributed by atoms with E-state index in [4.69, 9.17) is 4.42 Å². The summed E-state index contributed by atoms with van der Waals surface area (Å²) in [7, 11) is 0. The SMILES string of the molecule is CC1(C)c2cc(-c3ccc(N(c4ccc(-c5ccccc5)cc4)c4ccc(-c5ccc6oc7ccccc7c6c5)cc4)cc3)ccc2-c2sc3ccccc3c21. The van der Waals surface area contributed by atoms with Crippen molar-refractivity contribution in [2.75, 3.05) is 4.90 Å². The van der Waals surface area contributed by atoms with Crippen LogP contribution in [-0.4, -0.2) is 0 Å². The molecule has 0 radical (unpaired) electrons. The number of fused-ring (bicyclic) bond motifs is 8. The van der Waals surface area contributed by atoms with Crippen LogP contribution < -0.4 is 4.90 Å². The summed E-state index contributed by atoms with van der Waals surface area (Å²) < 4.78 is 7.48. The summed E-state index contributed by atoms with van der Waals surface area (Å²) in [6, 6.07) is 68.1. The Labute approximate surface area is 330 Å². The number of thiophene rings is 1. The monoisotopic (exact) mass is 735 g/mol. The third-order valence-electron chi connectivity index (χ3n) is 11.7. The van der Waals surface area contributed by atoms with E-state index >= 15 is 0 Å². The molecule has 0 unspecified atom stereocenters. The number of rotatable bonds is 6. The molecule has 0 aliphatic heterocycles. The summed E-state index contributed by atoms with van der Waals surface area (Å²) in [5, 5.41) is 3.67. The molecule has 0 fully saturated rings. The van der Waals surface area contributed by atoms with Gasteiger partial charge in [-0.05, 0) is 122 Å². The number of para-hydroxylation sites is 1. The molecular formula is C53H37NOS. The third kappa shape index (κ3) is 5.23. The first-order chi connectivity index (χ1) is 27.5. The van der Waals surface area contributed by atoms with Gasteiger partial charge in [-0.15, -0.1) is 11.3 Å². The van der Waals surface area contributed by atoms with Crippen molar-refractivity contribution < 1.29 is 4.42 Å². The van der Waals surface area contributed by atoms with Gasteiger partial charge in [0.25, 0.3) is 0 Å². The van der Waals surface area contributed by atoms with E-state index in [1.165, 1.54) is 59.5 Å². The summed E-state index contributed by atoms with van der Waals surface area (Å²) in [5.74, 6) is 0. The lowest BCUT2D eigenvalue weighted by atomic mass is 9.80. The molecule has 2 heterocycles. The fourth-order valence-corrected chi connectivity index (χ4v) is 10.2. The first-order valence-electron chi connectivity index (χ1n) is 19.2. The fourth-order valence-electron chi connectivity index (χ4n) is 8.82. The Kier molecular flexibility index (Phi) is 7.42. The Balaban J connectivity index is 0.954. The van der Waals surface area contributed by atoms with Gasteiger partial charge in [0.15, 0.2) is 0 Å². The zero-order valence-corrected chi connectivity index (χ0v) is 32.0. The van der Waals surface area contributed by atoms with E-state index in [-0.39, 0.29) is 5.41 Å². The van der Waals surface area contributed by atoms with Crippen LogP contribution in [0.3, 0.4) is 0 Å². The van der Waals surface area contributed by atoms with Gasteiger partial charge in [-0.3, -0.25) is 0 Å². The molecule has 56 heavy (non-hydrogen) atoms. The highest BCUT2D eigenvalue weighted by Gasteiger charge is 2.38. The summed E-state index contributed by atoms with van der Waals surface area (Å²) >= 11 is 1.92. The second kappa shape index (κ2) is 12.7. The van der Waals surface area contributed by atoms with E-state index in [0.29, 0.717) is 0 Å². The summed E-state index contributed by atoms with van der Waals surface area (Å²) in [6.07, 6.45) is 0. The van der Waals surface area contributed by atoms with Crippen molar-refractivity contribution in [3.8, 4) is 43.8 Å². The number of furan rings is 1. The van der Waals surface area contributed by atoms with Crippen molar-refractivity contribution in [1.29, 1.82) is 0 Å². The highest BCUT2D eigenvalue weighted by molar-refractivity contribution is 7.22. The maximum atomic E-state index is 6.11. The molecule has 2 nitrogen and oxygen atoms in total. The minimum atomic E-state index is -0.0623. The van der Waals surface area contributed by atoms with Crippen LogP contribution in [0.5, 0.6) is 0 Å². The van der Waals surface area contributed by atoms with Crippen LogP contribution in [0, 0.1) is 0 Å². The zero-order valence-electron chi connectivity index (χ0n) is 31.2. The average Bonchev–Trinajstić information content (AvgIpc) is 3.90. The Morgan fingerprint density at radius 1 is 0.429 bits per heavy atom. The topological polar surface area (TPSA) is 16.4 Å². The van der Waals surface area contributed by atoms with Crippen molar-refractivity contribution in [3.63, 3.8) is 0 Å². The molecule has 0 atom stereocenters. The van der Waals surface area contributed by atoms with Crippen LogP contribution in [0.15, 0.2) is 192 Å². The van der Waals surface area contributed by atoms with Gasteiger partial charge in [0.1, 0.15) is 11.2 Å². The minimum absolute atomic E-state index is 0.0623. The van der Waals surface area contributed by atoms with Gasteiger partial charge in [-0.1, -0.05) is 135 Å². The van der Waals surface area contributed by atoms with Gasteiger partial charge in [-0.25, -0.2) is 0 Å². The van der Waals surface area contributed by atoms with Crippen LogP contribution >= 0.6 is 11.3 Å². The van der Waals surface area contributed by atoms with E-state index in [9.17, 15) is 0 Å². The maximum Gasteiger partial charge on any atom is 0.135 e. The van der Waals surface area contributed by atoms with Crippen LogP contribution in [0.25, 0.3) is 75.8 Å². The van der Waals surface area contributed by atoms with E-state index in [1.54, 1.807) is 0 Å². The Morgan fingerprint density at radius 3 is 1.61 bits per heavy atom. The van der Waals surface area contributed by atoms with Crippen LogP contribution in [0.1, 0.15) is 25.0 Å². The van der Waals surface area contributed by atoms with Gasteiger partial charge >= 0.3 is 0 Å². The molecule has 266 valence electrons. The zero-order chi connectivity index (χ0) is 37.4. The normalized spacial score (nSPS) is 13.0. The van der Waals surface area contributed by atoms with Crippen molar-refractivity contribution in [1.82, 2.24) is 0 Å². The molecule has 0 spiro atoms. The van der Waals surface area contributed by atoms with Gasteiger partial charge < -0.3 is 9.32 Å². The molecule has 1 aliphatic rings. The van der Waals surface area contributed by atoms with Crippen LogP contribution in [-0.2, 0) is 5.41 Å². The molecular weight excluding hydrogens is 699 g/mol. The van der Waals surface area contributed by atoms with Crippen LogP contribution in [0.2, 0.25) is 0 Å². The second-order valence-corrected chi connectivity index (χ2v) is 16.4. The molecule has 0 bridgehead atoms. The standard InChI is InChI=1S/C53H37NOS/c1-53(2)47-33-39(22-30-44(47)52-51(53)45-13-7-9-15-50(45)56-52)37-20-28-42(29-21-37)54(40-24-16-35(17-25-40)34-10-4-3-5-11-34)41-26-18-36(19-27-41)38-23-31-49-46(32-38)43-12-6-8-14-48(43)55-49/h3-33H,1-2H3. The molecule has 0 N–H and O–H groups in total. The number of nitrogens with zero attached hydrogens (tertiary/aromatic N) is 1. The highest BCUT2D eigenvalue weighted by atomic mass is 32.1. The predicted octanol–water partition coefficient (Wildman–Crippen LogP) is 15.6. The van der Waals surface area contributed by atoms with E-state index < -0.39 is 0 Å². The van der Waals surface area contributed by atoms with Crippen molar-refractivity contribution in [3.05, 3.63) is 199 Å². The Hall–Kier alpha value is -6.68. The average molecular weight is 736 g/mol. The lowest BCUT2D eigenvalue weighted by Gasteiger charge is -2.26. The van der Waals surface area contributed by atoms with Crippen LogP contribution in [0.4, 0.5) is 17.1 Å². The van der Waals surface area contributed by atoms with Crippen molar-refractivity contribution in [2.24, 2.45) is 0 Å². The fraction of sp³-hybridized carbons (Fsp3) is 0.0566. The lowest BCUT2D eigenvalue weighted by Crippen LogP contribution is -2.15. The summed E-state index contributed by atoms with van der Waals surface area (Å²) in [4.78, 5) is 3.77. The van der Waals surface area contributed by atoms with E-state index in [2.05, 4.69) is 195 Å². The molecule has 0 saturated heterocycles. The predicted molar refractivity (Wildman–Crippen MR) is 238 cm³/mol. The van der Waals surface area contributed by atoms with Gasteiger partial charge in [0.2, 0.25) is 0 Å². The maximum absolute atomic E-state index is 6.11. The molecule has 8 aromatic carbocycles. The first-order valence-corrected chi connectivity index (χ1v) is 20.1. The highest BCUT2D eigenvalue weighted by Crippen LogP contribution is 2.56. The molecule has 0 saturated carbocycles. The minimum Gasteiger partial charge on any atom is -0.456 e. The van der Waals surface area contributed by atoms with Crippen molar-refractivity contribution >= 4 is 60.4 Å². The Bertz CT molecular complexity index is 3080. The van der Waals surface area contributed by atoms with Gasteiger partial charge in [0, 0.05) is 42.8 Å². The summed E-state index contributed by atoms with van der Waals surface area (Å²) in [5.41, 5.74) is 16.5. The molecule has 11 rings (SSSR count). The lowest BCUT2D eigenvalue weighted by molar-refractivity contribution is 0.667. The molecule has 0 amide bonds. The van der Waals surface area contributed by atoms with E-state index in [0.717, 1.165) is 44.6 Å². The number of hydrogen-bond acceptors (Lipinski definition) is 3. The molecule has 1 aliphatic carbocycles. The first kappa shape index (κ1) is 32.7.